The van der Waals surface area contributed by atoms with Gasteiger partial charge in [-0.3, -0.25) is 0 Å². The number of rotatable bonds is 1. The second-order valence-corrected chi connectivity index (χ2v) is 3.96. The summed E-state index contributed by atoms with van der Waals surface area (Å²) in [5.74, 6) is 1.67. The molecule has 0 spiro atoms. The average molecular weight is 212 g/mol. The monoisotopic (exact) mass is 212 g/mol. The van der Waals surface area contributed by atoms with Crippen LogP contribution in [0.3, 0.4) is 0 Å². The largest absolute Gasteiger partial charge is 0.461 e. The van der Waals surface area contributed by atoms with Crippen LogP contribution in [0.1, 0.15) is 5.56 Å². The van der Waals surface area contributed by atoms with Crippen LogP contribution in [0.4, 0.5) is 0 Å². The normalized spacial score (nSPS) is 11.1. The predicted octanol–water partition coefficient (Wildman–Crippen LogP) is 3.14. The molecule has 0 amide bonds. The standard InChI is InChI=1S/C13H12N2O/c1-9-5-6-10-11(8-9)15(2)13(14-10)12-4-3-7-16-12/h3-8H,1-2H3. The molecule has 0 atom stereocenters. The van der Waals surface area contributed by atoms with Crippen molar-refractivity contribution in [2.75, 3.05) is 0 Å². The fourth-order valence-corrected chi connectivity index (χ4v) is 1.93. The lowest BCUT2D eigenvalue weighted by Crippen LogP contribution is -1.91. The van der Waals surface area contributed by atoms with Crippen LogP contribution < -0.4 is 0 Å². The Bertz CT molecular complexity index is 635. The van der Waals surface area contributed by atoms with Crippen LogP contribution in [0.2, 0.25) is 0 Å². The van der Waals surface area contributed by atoms with E-state index in [0.717, 1.165) is 22.6 Å². The second kappa shape index (κ2) is 3.23. The highest BCUT2D eigenvalue weighted by Crippen LogP contribution is 2.24. The molecule has 3 nitrogen and oxygen atoms in total. The van der Waals surface area contributed by atoms with Gasteiger partial charge in [-0.05, 0) is 36.8 Å². The molecule has 0 saturated heterocycles. The summed E-state index contributed by atoms with van der Waals surface area (Å²) in [5.41, 5.74) is 3.37. The van der Waals surface area contributed by atoms with E-state index >= 15 is 0 Å². The van der Waals surface area contributed by atoms with Crippen LogP contribution in [0, 0.1) is 6.92 Å². The van der Waals surface area contributed by atoms with E-state index in [-0.39, 0.29) is 0 Å². The van der Waals surface area contributed by atoms with E-state index in [0.29, 0.717) is 0 Å². The number of furan rings is 1. The highest BCUT2D eigenvalue weighted by Gasteiger charge is 2.11. The zero-order valence-corrected chi connectivity index (χ0v) is 9.27. The molecule has 3 rings (SSSR count). The zero-order chi connectivity index (χ0) is 11.1. The lowest BCUT2D eigenvalue weighted by molar-refractivity contribution is 0.574. The summed E-state index contributed by atoms with van der Waals surface area (Å²) in [4.78, 5) is 4.57. The Morgan fingerprint density at radius 3 is 2.88 bits per heavy atom. The third kappa shape index (κ3) is 1.25. The van der Waals surface area contributed by atoms with Crippen molar-refractivity contribution in [2.24, 2.45) is 7.05 Å². The molecule has 16 heavy (non-hydrogen) atoms. The Labute approximate surface area is 93.3 Å². The number of benzene rings is 1. The van der Waals surface area contributed by atoms with Gasteiger partial charge < -0.3 is 8.98 Å². The molecule has 0 bridgehead atoms. The van der Waals surface area contributed by atoms with Gasteiger partial charge in [0.25, 0.3) is 0 Å². The first kappa shape index (κ1) is 9.21. The number of aryl methyl sites for hydroxylation is 2. The van der Waals surface area contributed by atoms with Crippen molar-refractivity contribution in [3.05, 3.63) is 42.2 Å². The molecular formula is C13H12N2O. The first-order valence-electron chi connectivity index (χ1n) is 5.22. The number of nitrogens with zero attached hydrogens (tertiary/aromatic N) is 2. The van der Waals surface area contributed by atoms with Crippen LogP contribution in [0.5, 0.6) is 0 Å². The molecule has 0 aliphatic heterocycles. The fraction of sp³-hybridized carbons (Fsp3) is 0.154. The lowest BCUT2D eigenvalue weighted by atomic mass is 10.2. The van der Waals surface area contributed by atoms with Gasteiger partial charge in [0.2, 0.25) is 0 Å². The van der Waals surface area contributed by atoms with E-state index in [2.05, 4.69) is 28.6 Å². The fourth-order valence-electron chi connectivity index (χ4n) is 1.93. The van der Waals surface area contributed by atoms with Gasteiger partial charge in [0.05, 0.1) is 17.3 Å². The molecule has 80 valence electrons. The van der Waals surface area contributed by atoms with Crippen LogP contribution in [-0.4, -0.2) is 9.55 Å². The Kier molecular flexibility index (Phi) is 1.86. The SMILES string of the molecule is Cc1ccc2nc(-c3ccco3)n(C)c2c1. The van der Waals surface area contributed by atoms with E-state index < -0.39 is 0 Å². The number of aromatic nitrogens is 2. The van der Waals surface area contributed by atoms with Crippen molar-refractivity contribution >= 4 is 11.0 Å². The molecule has 2 aromatic heterocycles. The summed E-state index contributed by atoms with van der Waals surface area (Å²) in [7, 11) is 2.01. The molecule has 3 aromatic rings. The van der Waals surface area contributed by atoms with Gasteiger partial charge in [-0.15, -0.1) is 0 Å². The number of imidazole rings is 1. The summed E-state index contributed by atoms with van der Waals surface area (Å²) in [5, 5.41) is 0. The van der Waals surface area contributed by atoms with Gasteiger partial charge in [0, 0.05) is 7.05 Å². The van der Waals surface area contributed by atoms with Crippen molar-refractivity contribution in [1.29, 1.82) is 0 Å². The molecule has 0 N–H and O–H groups in total. The zero-order valence-electron chi connectivity index (χ0n) is 9.27. The van der Waals surface area contributed by atoms with E-state index in [1.165, 1.54) is 5.56 Å². The summed E-state index contributed by atoms with van der Waals surface area (Å²) in [6.45, 7) is 2.08. The van der Waals surface area contributed by atoms with E-state index in [1.54, 1.807) is 6.26 Å². The predicted molar refractivity (Wildman–Crippen MR) is 63.2 cm³/mol. The number of fused-ring (bicyclic) bond motifs is 1. The van der Waals surface area contributed by atoms with Gasteiger partial charge in [0.15, 0.2) is 11.6 Å². The number of hydrogen-bond acceptors (Lipinski definition) is 2. The average Bonchev–Trinajstić information content (AvgIpc) is 2.87. The minimum Gasteiger partial charge on any atom is -0.461 e. The third-order valence-corrected chi connectivity index (χ3v) is 2.78. The van der Waals surface area contributed by atoms with Crippen molar-refractivity contribution in [2.45, 2.75) is 6.92 Å². The summed E-state index contributed by atoms with van der Waals surface area (Å²) in [6, 6.07) is 10.0. The van der Waals surface area contributed by atoms with Gasteiger partial charge in [0.1, 0.15) is 0 Å². The van der Waals surface area contributed by atoms with Gasteiger partial charge >= 0.3 is 0 Å². The second-order valence-electron chi connectivity index (χ2n) is 3.96. The minimum absolute atomic E-state index is 0.802. The van der Waals surface area contributed by atoms with E-state index in [1.807, 2.05) is 25.2 Å². The van der Waals surface area contributed by atoms with Gasteiger partial charge in [-0.1, -0.05) is 6.07 Å². The maximum atomic E-state index is 5.38. The third-order valence-electron chi connectivity index (χ3n) is 2.78. The quantitative estimate of drug-likeness (QED) is 0.620. The van der Waals surface area contributed by atoms with Crippen LogP contribution in [-0.2, 0) is 7.05 Å². The summed E-state index contributed by atoms with van der Waals surface area (Å²) < 4.78 is 7.43. The molecule has 0 aliphatic carbocycles. The van der Waals surface area contributed by atoms with Gasteiger partial charge in [-0.25, -0.2) is 4.98 Å². The highest BCUT2D eigenvalue weighted by molar-refractivity contribution is 5.80. The first-order valence-corrected chi connectivity index (χ1v) is 5.22. The van der Waals surface area contributed by atoms with E-state index in [4.69, 9.17) is 4.42 Å². The van der Waals surface area contributed by atoms with Crippen molar-refractivity contribution < 1.29 is 4.42 Å². The summed E-state index contributed by atoms with van der Waals surface area (Å²) in [6.07, 6.45) is 1.67. The molecular weight excluding hydrogens is 200 g/mol. The van der Waals surface area contributed by atoms with Crippen LogP contribution in [0.25, 0.3) is 22.6 Å². The molecule has 0 radical (unpaired) electrons. The molecule has 2 heterocycles. The number of hydrogen-bond donors (Lipinski definition) is 0. The topological polar surface area (TPSA) is 31.0 Å². The Morgan fingerprint density at radius 1 is 1.25 bits per heavy atom. The molecule has 0 aliphatic rings. The van der Waals surface area contributed by atoms with Gasteiger partial charge in [-0.2, -0.15) is 0 Å². The summed E-state index contributed by atoms with van der Waals surface area (Å²) >= 11 is 0. The lowest BCUT2D eigenvalue weighted by Gasteiger charge is -1.98. The smallest absolute Gasteiger partial charge is 0.176 e. The minimum atomic E-state index is 0.802. The van der Waals surface area contributed by atoms with Crippen molar-refractivity contribution in [3.8, 4) is 11.6 Å². The Morgan fingerprint density at radius 2 is 2.12 bits per heavy atom. The molecule has 0 saturated carbocycles. The first-order chi connectivity index (χ1) is 7.75. The highest BCUT2D eigenvalue weighted by atomic mass is 16.3. The van der Waals surface area contributed by atoms with E-state index in [9.17, 15) is 0 Å². The maximum Gasteiger partial charge on any atom is 0.176 e. The molecule has 1 aromatic carbocycles. The molecule has 0 unspecified atom stereocenters. The van der Waals surface area contributed by atoms with Crippen molar-refractivity contribution in [1.82, 2.24) is 9.55 Å². The Balaban J connectivity index is 2.32. The molecule has 0 fully saturated rings. The maximum absolute atomic E-state index is 5.38. The molecule has 3 heteroatoms. The van der Waals surface area contributed by atoms with Crippen LogP contribution >= 0.6 is 0 Å². The van der Waals surface area contributed by atoms with Crippen LogP contribution in [0.15, 0.2) is 41.0 Å². The van der Waals surface area contributed by atoms with Crippen molar-refractivity contribution in [3.63, 3.8) is 0 Å². The Hall–Kier alpha value is -2.03.